The Morgan fingerprint density at radius 3 is 2.32 bits per heavy atom. The van der Waals surface area contributed by atoms with Crippen molar-refractivity contribution in [3.63, 3.8) is 0 Å². The number of carbonyl (C=O) groups excluding carboxylic acids is 2. The zero-order valence-corrected chi connectivity index (χ0v) is 19.5. The Labute approximate surface area is 204 Å². The lowest BCUT2D eigenvalue weighted by molar-refractivity contribution is -0.384. The van der Waals surface area contributed by atoms with Crippen molar-refractivity contribution < 1.29 is 19.2 Å². The van der Waals surface area contributed by atoms with Crippen LogP contribution in [0.15, 0.2) is 54.6 Å². The van der Waals surface area contributed by atoms with Crippen molar-refractivity contribution >= 4 is 46.5 Å². The van der Waals surface area contributed by atoms with E-state index in [2.05, 4.69) is 16.1 Å². The number of nitrogens with one attached hydrogen (secondary N) is 1. The maximum absolute atomic E-state index is 12.9. The number of halogens is 2. The van der Waals surface area contributed by atoms with Crippen molar-refractivity contribution in [2.45, 2.75) is 12.8 Å². The number of nitrogens with zero attached hydrogens (tertiary/aromatic N) is 2. The number of anilines is 1. The topological polar surface area (TPSA) is 122 Å². The Balaban J connectivity index is 1.94. The zero-order valence-electron chi connectivity index (χ0n) is 18.0. The van der Waals surface area contributed by atoms with Gasteiger partial charge in [0.15, 0.2) is 0 Å². The molecule has 0 fully saturated rings. The van der Waals surface area contributed by atoms with E-state index in [1.165, 1.54) is 12.1 Å². The maximum atomic E-state index is 12.9. The third kappa shape index (κ3) is 5.34. The minimum Gasteiger partial charge on any atom is -0.465 e. The zero-order chi connectivity index (χ0) is 25.0. The molecule has 0 saturated carbocycles. The summed E-state index contributed by atoms with van der Waals surface area (Å²) in [7, 11) is 1.13. The van der Waals surface area contributed by atoms with Gasteiger partial charge in [-0.15, -0.1) is 0 Å². The fourth-order valence-corrected chi connectivity index (χ4v) is 3.72. The van der Waals surface area contributed by atoms with E-state index in [-0.39, 0.29) is 16.1 Å². The highest BCUT2D eigenvalue weighted by Crippen LogP contribution is 2.34. The third-order valence-electron chi connectivity index (χ3n) is 5.05. The lowest BCUT2D eigenvalue weighted by Crippen LogP contribution is -2.15. The molecule has 3 aromatic rings. The number of nitro groups is 1. The van der Waals surface area contributed by atoms with E-state index in [1.807, 2.05) is 0 Å². The number of carbonyl (C=O) groups is 2. The molecule has 0 aliphatic rings. The second-order valence-corrected chi connectivity index (χ2v) is 8.12. The molecule has 34 heavy (non-hydrogen) atoms. The second-order valence-electron chi connectivity index (χ2n) is 7.27. The molecule has 1 amide bonds. The molecule has 1 N–H and O–H groups in total. The van der Waals surface area contributed by atoms with Crippen molar-refractivity contribution in [3.05, 3.63) is 103 Å². The number of methoxy groups -OCH3 is 1. The predicted molar refractivity (Wildman–Crippen MR) is 127 cm³/mol. The van der Waals surface area contributed by atoms with Gasteiger partial charge < -0.3 is 10.1 Å². The predicted octanol–water partition coefficient (Wildman–Crippen LogP) is 5.90. The molecule has 0 aliphatic heterocycles. The maximum Gasteiger partial charge on any atom is 0.338 e. The first-order valence-corrected chi connectivity index (χ1v) is 10.5. The number of benzene rings is 3. The van der Waals surface area contributed by atoms with Crippen molar-refractivity contribution in [1.29, 1.82) is 5.26 Å². The van der Waals surface area contributed by atoms with Crippen molar-refractivity contribution in [1.82, 2.24) is 0 Å². The number of non-ortho nitro benzene ring substituents is 1. The number of ether oxygens (including phenoxy) is 1. The minimum atomic E-state index is -0.814. The van der Waals surface area contributed by atoms with Crippen LogP contribution in [0.4, 0.5) is 11.4 Å². The van der Waals surface area contributed by atoms with Crippen LogP contribution in [-0.2, 0) is 4.74 Å². The lowest BCUT2D eigenvalue weighted by Gasteiger charge is -2.16. The molecule has 0 unspecified atom stereocenters. The Kier molecular flexibility index (Phi) is 7.51. The van der Waals surface area contributed by atoms with Gasteiger partial charge in [0, 0.05) is 33.4 Å². The van der Waals surface area contributed by atoms with Gasteiger partial charge in [-0.25, -0.2) is 4.79 Å². The summed E-state index contributed by atoms with van der Waals surface area (Å²) in [6.07, 6.45) is 0. The molecule has 3 rings (SSSR count). The van der Waals surface area contributed by atoms with Crippen LogP contribution in [0.5, 0.6) is 0 Å². The highest BCUT2D eigenvalue weighted by atomic mass is 35.5. The van der Waals surface area contributed by atoms with E-state index in [1.54, 1.807) is 37.3 Å². The number of esters is 1. The Bertz CT molecular complexity index is 1330. The summed E-state index contributed by atoms with van der Waals surface area (Å²) >= 11 is 12.4. The van der Waals surface area contributed by atoms with Gasteiger partial charge in [-0.1, -0.05) is 41.4 Å². The van der Waals surface area contributed by atoms with Crippen LogP contribution in [0, 0.1) is 28.4 Å². The normalized spacial score (nSPS) is 11.3. The van der Waals surface area contributed by atoms with E-state index >= 15 is 0 Å². The minimum absolute atomic E-state index is 0.106. The van der Waals surface area contributed by atoms with Gasteiger partial charge in [0.25, 0.3) is 11.6 Å². The van der Waals surface area contributed by atoms with Crippen LogP contribution < -0.4 is 5.32 Å². The second kappa shape index (κ2) is 10.3. The molecule has 3 aromatic carbocycles. The fraction of sp³-hybridized carbons (Fsp3) is 0.125. The molecule has 8 nitrogen and oxygen atoms in total. The molecule has 0 spiro atoms. The highest BCUT2D eigenvalue weighted by Gasteiger charge is 2.21. The number of nitro benzene ring substituents is 1. The molecule has 0 heterocycles. The van der Waals surface area contributed by atoms with Gasteiger partial charge in [0.1, 0.15) is 0 Å². The molecule has 0 bridgehead atoms. The highest BCUT2D eigenvalue weighted by molar-refractivity contribution is 6.32. The first-order valence-electron chi connectivity index (χ1n) is 9.79. The van der Waals surface area contributed by atoms with Gasteiger partial charge in [0.05, 0.1) is 29.6 Å². The van der Waals surface area contributed by atoms with Crippen molar-refractivity contribution in [2.75, 3.05) is 12.4 Å². The summed E-state index contributed by atoms with van der Waals surface area (Å²) in [6.45, 7) is 1.72. The average Bonchev–Trinajstić information content (AvgIpc) is 2.82. The van der Waals surface area contributed by atoms with Gasteiger partial charge in [-0.05, 0) is 47.9 Å². The van der Waals surface area contributed by atoms with E-state index in [0.717, 1.165) is 19.2 Å². The lowest BCUT2D eigenvalue weighted by atomic mass is 9.91. The largest absolute Gasteiger partial charge is 0.465 e. The SMILES string of the molecule is COC(=O)c1cc(C(=O)Nc2cc(Cl)c([C@@H](C#N)c3ccc(Cl)cc3)cc2C)cc([N+](=O)[O-])c1. The quantitative estimate of drug-likeness (QED) is 0.256. The van der Waals surface area contributed by atoms with Crippen LogP contribution in [0.25, 0.3) is 0 Å². The molecular formula is C24H17Cl2N3O5. The summed E-state index contributed by atoms with van der Waals surface area (Å²) in [5.41, 5.74) is 1.54. The standard InChI is InChI=1S/C24H17Cl2N3O5/c1-13-7-19(20(12-27)14-3-5-17(25)6-4-14)21(26)11-22(13)28-23(30)15-8-16(24(31)34-2)10-18(9-15)29(32)33/h3-11,20H,1-2H3,(H,28,30)/t20-/m0/s1. The van der Waals surface area contributed by atoms with Gasteiger partial charge >= 0.3 is 5.97 Å². The summed E-state index contributed by atoms with van der Waals surface area (Å²) in [5, 5.41) is 24.4. The molecule has 0 aromatic heterocycles. The molecule has 0 radical (unpaired) electrons. The van der Waals surface area contributed by atoms with Gasteiger partial charge in [0.2, 0.25) is 0 Å². The smallest absolute Gasteiger partial charge is 0.338 e. The van der Waals surface area contributed by atoms with Crippen LogP contribution in [0.2, 0.25) is 10.0 Å². The van der Waals surface area contributed by atoms with E-state index < -0.39 is 28.4 Å². The van der Waals surface area contributed by atoms with Crippen molar-refractivity contribution in [3.8, 4) is 6.07 Å². The van der Waals surface area contributed by atoms with E-state index in [0.29, 0.717) is 27.4 Å². The Morgan fingerprint density at radius 1 is 1.09 bits per heavy atom. The number of hydrogen-bond acceptors (Lipinski definition) is 6. The molecule has 0 aliphatic carbocycles. The fourth-order valence-electron chi connectivity index (χ4n) is 3.32. The molecule has 0 saturated heterocycles. The van der Waals surface area contributed by atoms with Gasteiger partial charge in [-0.2, -0.15) is 5.26 Å². The Morgan fingerprint density at radius 2 is 1.74 bits per heavy atom. The molecule has 172 valence electrons. The van der Waals surface area contributed by atoms with Crippen molar-refractivity contribution in [2.24, 2.45) is 0 Å². The number of rotatable bonds is 6. The summed E-state index contributed by atoms with van der Waals surface area (Å²) in [4.78, 5) is 35.2. The number of aryl methyl sites for hydroxylation is 1. The van der Waals surface area contributed by atoms with Crippen LogP contribution in [-0.4, -0.2) is 23.9 Å². The Hall–Kier alpha value is -3.93. The summed E-state index contributed by atoms with van der Waals surface area (Å²) < 4.78 is 4.60. The average molecular weight is 498 g/mol. The van der Waals surface area contributed by atoms with Crippen LogP contribution >= 0.6 is 23.2 Å². The summed E-state index contributed by atoms with van der Waals surface area (Å²) in [5.74, 6) is -2.16. The van der Waals surface area contributed by atoms with Crippen LogP contribution in [0.3, 0.4) is 0 Å². The number of hydrogen-bond donors (Lipinski definition) is 1. The molecule has 1 atom stereocenters. The van der Waals surface area contributed by atoms with E-state index in [4.69, 9.17) is 23.2 Å². The van der Waals surface area contributed by atoms with Gasteiger partial charge in [-0.3, -0.25) is 14.9 Å². The third-order valence-corrected chi connectivity index (χ3v) is 5.63. The number of nitriles is 1. The first kappa shape index (κ1) is 24.7. The summed E-state index contributed by atoms with van der Waals surface area (Å²) in [6, 6.07) is 15.5. The number of amides is 1. The van der Waals surface area contributed by atoms with E-state index in [9.17, 15) is 25.0 Å². The monoisotopic (exact) mass is 497 g/mol. The molecule has 10 heteroatoms. The molecular weight excluding hydrogens is 481 g/mol. The van der Waals surface area contributed by atoms with Crippen LogP contribution in [0.1, 0.15) is 43.3 Å². The first-order chi connectivity index (χ1) is 16.1.